The number of nitrogens with one attached hydrogen (secondary N) is 2. The third-order valence-corrected chi connectivity index (χ3v) is 2.97. The molecule has 0 spiro atoms. The van der Waals surface area contributed by atoms with Crippen molar-refractivity contribution in [3.05, 3.63) is 30.1 Å². The minimum atomic E-state index is -0.570. The molecule has 0 unspecified atom stereocenters. The third kappa shape index (κ3) is 4.87. The molecule has 6 nitrogen and oxygen atoms in total. The maximum Gasteiger partial charge on any atom is 0.318 e. The lowest BCUT2D eigenvalue weighted by Gasteiger charge is -2.22. The number of urea groups is 1. The normalized spacial score (nSPS) is 11.6. The summed E-state index contributed by atoms with van der Waals surface area (Å²) in [5.74, 6) is -0.214. The lowest BCUT2D eigenvalue weighted by molar-refractivity contribution is -0.122. The van der Waals surface area contributed by atoms with E-state index in [1.165, 1.54) is 0 Å². The molecule has 0 radical (unpaired) electrons. The zero-order valence-electron chi connectivity index (χ0n) is 12.2. The molecule has 0 fully saturated rings. The lowest BCUT2D eigenvalue weighted by Crippen LogP contribution is -2.49. The van der Waals surface area contributed by atoms with Crippen LogP contribution in [0.1, 0.15) is 26.3 Å². The maximum atomic E-state index is 11.9. The van der Waals surface area contributed by atoms with Gasteiger partial charge >= 0.3 is 6.03 Å². The van der Waals surface area contributed by atoms with Crippen LogP contribution in [0, 0.1) is 0 Å². The van der Waals surface area contributed by atoms with Gasteiger partial charge in [0, 0.05) is 32.0 Å². The summed E-state index contributed by atoms with van der Waals surface area (Å²) in [6.07, 6.45) is 3.37. The molecule has 110 valence electrons. The summed E-state index contributed by atoms with van der Waals surface area (Å²) in [6.45, 7) is 7.10. The quantitative estimate of drug-likeness (QED) is 0.819. The summed E-state index contributed by atoms with van der Waals surface area (Å²) in [6, 6.07) is 2.90. The number of hydrogen-bond donors (Lipinski definition) is 2. The average molecular weight is 278 g/mol. The Balaban J connectivity index is 2.41. The van der Waals surface area contributed by atoms with Crippen molar-refractivity contribution in [3.8, 4) is 0 Å². The van der Waals surface area contributed by atoms with Crippen molar-refractivity contribution in [1.29, 1.82) is 0 Å². The highest BCUT2D eigenvalue weighted by atomic mass is 16.2. The van der Waals surface area contributed by atoms with Gasteiger partial charge in [-0.25, -0.2) is 4.79 Å². The van der Waals surface area contributed by atoms with Gasteiger partial charge in [0.15, 0.2) is 0 Å². The summed E-state index contributed by atoms with van der Waals surface area (Å²) >= 11 is 0. The van der Waals surface area contributed by atoms with Gasteiger partial charge in [0.25, 0.3) is 0 Å². The molecule has 1 atom stereocenters. The molecule has 0 bridgehead atoms. The number of amides is 3. The lowest BCUT2D eigenvalue weighted by atomic mass is 10.2. The molecule has 0 aliphatic rings. The van der Waals surface area contributed by atoms with Gasteiger partial charge in [-0.2, -0.15) is 0 Å². The number of carbonyl (C=O) groups excluding carboxylic acids is 2. The van der Waals surface area contributed by atoms with Gasteiger partial charge in [-0.3, -0.25) is 9.78 Å². The molecule has 0 aliphatic heterocycles. The van der Waals surface area contributed by atoms with Crippen LogP contribution in [0.5, 0.6) is 0 Å². The highest BCUT2D eigenvalue weighted by Gasteiger charge is 2.17. The Morgan fingerprint density at radius 1 is 1.35 bits per heavy atom. The van der Waals surface area contributed by atoms with Crippen molar-refractivity contribution in [2.45, 2.75) is 33.4 Å². The molecule has 20 heavy (non-hydrogen) atoms. The molecule has 0 aliphatic carbocycles. The Kier molecular flexibility index (Phi) is 6.49. The average Bonchev–Trinajstić information content (AvgIpc) is 2.47. The Hall–Kier alpha value is -2.11. The van der Waals surface area contributed by atoms with Crippen LogP contribution in [-0.4, -0.2) is 41.0 Å². The first-order valence-electron chi connectivity index (χ1n) is 6.80. The van der Waals surface area contributed by atoms with E-state index >= 15 is 0 Å². The van der Waals surface area contributed by atoms with E-state index in [-0.39, 0.29) is 11.9 Å². The molecule has 1 rings (SSSR count). The fourth-order valence-electron chi connectivity index (χ4n) is 1.70. The molecule has 3 amide bonds. The first-order valence-corrected chi connectivity index (χ1v) is 6.80. The smallest absolute Gasteiger partial charge is 0.318 e. The zero-order valence-corrected chi connectivity index (χ0v) is 12.2. The van der Waals surface area contributed by atoms with Crippen molar-refractivity contribution in [2.24, 2.45) is 0 Å². The molecule has 2 N–H and O–H groups in total. The maximum absolute atomic E-state index is 11.9. The number of nitrogens with zero attached hydrogens (tertiary/aromatic N) is 2. The van der Waals surface area contributed by atoms with Gasteiger partial charge in [0.05, 0.1) is 0 Å². The highest BCUT2D eigenvalue weighted by Crippen LogP contribution is 1.96. The summed E-state index contributed by atoms with van der Waals surface area (Å²) in [5, 5.41) is 5.44. The van der Waals surface area contributed by atoms with Crippen molar-refractivity contribution in [1.82, 2.24) is 20.5 Å². The van der Waals surface area contributed by atoms with Crippen LogP contribution in [0.3, 0.4) is 0 Å². The second kappa shape index (κ2) is 8.14. The molecule has 0 aromatic carbocycles. The minimum absolute atomic E-state index is 0.214. The molecule has 6 heteroatoms. The zero-order chi connectivity index (χ0) is 15.0. The topological polar surface area (TPSA) is 74.3 Å². The van der Waals surface area contributed by atoms with E-state index in [9.17, 15) is 9.59 Å². The van der Waals surface area contributed by atoms with E-state index in [1.807, 2.05) is 26.0 Å². The Morgan fingerprint density at radius 3 is 2.60 bits per heavy atom. The fourth-order valence-corrected chi connectivity index (χ4v) is 1.70. The largest absolute Gasteiger partial charge is 0.350 e. The van der Waals surface area contributed by atoms with Crippen molar-refractivity contribution in [2.75, 3.05) is 13.1 Å². The second-order valence-electron chi connectivity index (χ2n) is 4.42. The number of aromatic nitrogens is 1. The highest BCUT2D eigenvalue weighted by molar-refractivity contribution is 5.86. The Bertz CT molecular complexity index is 432. The standard InChI is InChI=1S/C14H22N4O2/c1-4-18(5-2)14(20)17-11(3)13(19)16-10-12-7-6-8-15-9-12/h6-9,11H,4-5,10H2,1-3H3,(H,16,19)(H,17,20)/t11-/m0/s1. The second-order valence-corrected chi connectivity index (χ2v) is 4.42. The Morgan fingerprint density at radius 2 is 2.05 bits per heavy atom. The first-order chi connectivity index (χ1) is 9.58. The van der Waals surface area contributed by atoms with Gasteiger partial charge < -0.3 is 15.5 Å². The van der Waals surface area contributed by atoms with E-state index in [1.54, 1.807) is 24.2 Å². The molecular formula is C14H22N4O2. The molecular weight excluding hydrogens is 256 g/mol. The SMILES string of the molecule is CCN(CC)C(=O)N[C@@H](C)C(=O)NCc1cccnc1. The Labute approximate surface area is 119 Å². The van der Waals surface area contributed by atoms with Crippen molar-refractivity contribution < 1.29 is 9.59 Å². The van der Waals surface area contributed by atoms with Gasteiger partial charge in [-0.05, 0) is 32.4 Å². The molecule has 0 saturated heterocycles. The van der Waals surface area contributed by atoms with Crippen LogP contribution in [0.25, 0.3) is 0 Å². The van der Waals surface area contributed by atoms with E-state index in [0.717, 1.165) is 5.56 Å². The number of pyridine rings is 1. The first kappa shape index (κ1) is 15.9. The van der Waals surface area contributed by atoms with Crippen LogP contribution in [-0.2, 0) is 11.3 Å². The van der Waals surface area contributed by atoms with E-state index < -0.39 is 6.04 Å². The molecule has 0 saturated carbocycles. The summed E-state index contributed by atoms with van der Waals surface area (Å²) in [5.41, 5.74) is 0.920. The molecule has 1 aromatic rings. The minimum Gasteiger partial charge on any atom is -0.350 e. The van der Waals surface area contributed by atoms with Crippen molar-refractivity contribution >= 4 is 11.9 Å². The molecule has 1 aromatic heterocycles. The summed E-state index contributed by atoms with van der Waals surface area (Å²) in [7, 11) is 0. The number of rotatable bonds is 6. The van der Waals surface area contributed by atoms with Gasteiger partial charge in [-0.15, -0.1) is 0 Å². The monoisotopic (exact) mass is 278 g/mol. The predicted octanol–water partition coefficient (Wildman–Crippen LogP) is 1.14. The van der Waals surface area contributed by atoms with Crippen LogP contribution in [0.4, 0.5) is 4.79 Å². The number of hydrogen-bond acceptors (Lipinski definition) is 3. The van der Waals surface area contributed by atoms with E-state index in [2.05, 4.69) is 15.6 Å². The summed E-state index contributed by atoms with van der Waals surface area (Å²) in [4.78, 5) is 29.3. The fraction of sp³-hybridized carbons (Fsp3) is 0.500. The molecule has 1 heterocycles. The summed E-state index contributed by atoms with van der Waals surface area (Å²) < 4.78 is 0. The van der Waals surface area contributed by atoms with Crippen LogP contribution in [0.2, 0.25) is 0 Å². The van der Waals surface area contributed by atoms with Crippen molar-refractivity contribution in [3.63, 3.8) is 0 Å². The van der Waals surface area contributed by atoms with Gasteiger partial charge in [0.1, 0.15) is 6.04 Å². The van der Waals surface area contributed by atoms with E-state index in [0.29, 0.717) is 19.6 Å². The van der Waals surface area contributed by atoms with Crippen LogP contribution < -0.4 is 10.6 Å². The van der Waals surface area contributed by atoms with Crippen LogP contribution in [0.15, 0.2) is 24.5 Å². The van der Waals surface area contributed by atoms with Gasteiger partial charge in [0.2, 0.25) is 5.91 Å². The van der Waals surface area contributed by atoms with Gasteiger partial charge in [-0.1, -0.05) is 6.07 Å². The third-order valence-electron chi connectivity index (χ3n) is 2.97. The van der Waals surface area contributed by atoms with E-state index in [4.69, 9.17) is 0 Å². The predicted molar refractivity (Wildman–Crippen MR) is 77.0 cm³/mol. The number of carbonyl (C=O) groups is 2. The van der Waals surface area contributed by atoms with Crippen LogP contribution >= 0.6 is 0 Å².